The minimum atomic E-state index is 0.381. The quantitative estimate of drug-likeness (QED) is 0.575. The molecule has 2 rings (SSSR count). The van der Waals surface area contributed by atoms with Crippen molar-refractivity contribution in [1.29, 1.82) is 0 Å². The Morgan fingerprint density at radius 2 is 1.60 bits per heavy atom. The molecule has 0 spiro atoms. The molecule has 0 radical (unpaired) electrons. The second-order valence-corrected chi connectivity index (χ2v) is 7.56. The summed E-state index contributed by atoms with van der Waals surface area (Å²) in [6, 6.07) is 9.37. The van der Waals surface area contributed by atoms with Crippen LogP contribution in [0.5, 0.6) is 0 Å². The summed E-state index contributed by atoms with van der Waals surface area (Å²) in [7, 11) is 0. The van der Waals surface area contributed by atoms with E-state index in [-0.39, 0.29) is 0 Å². The van der Waals surface area contributed by atoms with Crippen molar-refractivity contribution in [2.75, 3.05) is 0 Å². The summed E-state index contributed by atoms with van der Waals surface area (Å²) in [5, 5.41) is 0. The van der Waals surface area contributed by atoms with Crippen molar-refractivity contribution in [2.24, 2.45) is 5.41 Å². The van der Waals surface area contributed by atoms with Crippen LogP contribution in [0.25, 0.3) is 0 Å². The first-order valence-electron chi connectivity index (χ1n) is 8.49. The van der Waals surface area contributed by atoms with E-state index in [1.54, 1.807) is 5.56 Å². The Morgan fingerprint density at radius 3 is 2.15 bits per heavy atom. The molecule has 20 heavy (non-hydrogen) atoms. The van der Waals surface area contributed by atoms with Gasteiger partial charge in [0.15, 0.2) is 0 Å². The van der Waals surface area contributed by atoms with Crippen molar-refractivity contribution in [3.8, 4) is 0 Å². The standard InChI is InChI=1S/C18H28.C2H6/c1-17(2,3)14-15-9-8-10-16(13-15)18(4)11-6-5-7-12-18;1-2/h8-10,13H,5-7,11-12,14H2,1-4H3;1-2H3. The molecule has 114 valence electrons. The number of rotatable bonds is 2. The Morgan fingerprint density at radius 1 is 1.00 bits per heavy atom. The number of hydrogen-bond acceptors (Lipinski definition) is 0. The molecule has 0 nitrogen and oxygen atoms in total. The fraction of sp³-hybridized carbons (Fsp3) is 0.700. The molecular formula is C20H34. The second-order valence-electron chi connectivity index (χ2n) is 7.56. The van der Waals surface area contributed by atoms with E-state index in [0.29, 0.717) is 10.8 Å². The van der Waals surface area contributed by atoms with Gasteiger partial charge in [0.05, 0.1) is 0 Å². The highest BCUT2D eigenvalue weighted by atomic mass is 14.3. The van der Waals surface area contributed by atoms with Crippen LogP contribution < -0.4 is 0 Å². The lowest BCUT2D eigenvalue weighted by atomic mass is 9.70. The summed E-state index contributed by atoms with van der Waals surface area (Å²) in [6.45, 7) is 13.4. The van der Waals surface area contributed by atoms with E-state index >= 15 is 0 Å². The lowest BCUT2D eigenvalue weighted by molar-refractivity contribution is 0.319. The van der Waals surface area contributed by atoms with Crippen molar-refractivity contribution in [3.05, 3.63) is 35.4 Å². The van der Waals surface area contributed by atoms with Gasteiger partial charge in [-0.05, 0) is 41.2 Å². The number of hydrogen-bond donors (Lipinski definition) is 0. The van der Waals surface area contributed by atoms with Crippen molar-refractivity contribution in [3.63, 3.8) is 0 Å². The van der Waals surface area contributed by atoms with E-state index in [9.17, 15) is 0 Å². The molecule has 0 bridgehead atoms. The summed E-state index contributed by atoms with van der Waals surface area (Å²) in [4.78, 5) is 0. The van der Waals surface area contributed by atoms with Crippen LogP contribution >= 0.6 is 0 Å². The van der Waals surface area contributed by atoms with Gasteiger partial charge in [-0.1, -0.05) is 85.1 Å². The molecular weight excluding hydrogens is 240 g/mol. The fourth-order valence-corrected chi connectivity index (χ4v) is 3.29. The monoisotopic (exact) mass is 274 g/mol. The van der Waals surface area contributed by atoms with E-state index in [1.807, 2.05) is 13.8 Å². The lowest BCUT2D eigenvalue weighted by Crippen LogP contribution is -2.25. The highest BCUT2D eigenvalue weighted by Crippen LogP contribution is 2.39. The molecule has 0 saturated heterocycles. The van der Waals surface area contributed by atoms with Gasteiger partial charge >= 0.3 is 0 Å². The maximum absolute atomic E-state index is 2.47. The van der Waals surface area contributed by atoms with Crippen LogP contribution in [0.1, 0.15) is 84.8 Å². The van der Waals surface area contributed by atoms with Crippen LogP contribution in [0.4, 0.5) is 0 Å². The van der Waals surface area contributed by atoms with Gasteiger partial charge in [-0.15, -0.1) is 0 Å². The first-order chi connectivity index (χ1) is 9.39. The third-order valence-corrected chi connectivity index (χ3v) is 4.32. The third-order valence-electron chi connectivity index (χ3n) is 4.32. The van der Waals surface area contributed by atoms with Crippen molar-refractivity contribution in [2.45, 2.75) is 85.5 Å². The van der Waals surface area contributed by atoms with E-state index < -0.39 is 0 Å². The molecule has 1 aliphatic rings. The highest BCUT2D eigenvalue weighted by molar-refractivity contribution is 5.30. The van der Waals surface area contributed by atoms with Gasteiger partial charge in [-0.25, -0.2) is 0 Å². The minimum Gasteiger partial charge on any atom is -0.0683 e. The van der Waals surface area contributed by atoms with Crippen LogP contribution in [0.2, 0.25) is 0 Å². The maximum atomic E-state index is 2.47. The lowest BCUT2D eigenvalue weighted by Gasteiger charge is -2.34. The van der Waals surface area contributed by atoms with Gasteiger partial charge in [-0.2, -0.15) is 0 Å². The molecule has 0 aliphatic heterocycles. The molecule has 0 heterocycles. The van der Waals surface area contributed by atoms with Crippen LogP contribution in [-0.2, 0) is 11.8 Å². The van der Waals surface area contributed by atoms with E-state index in [1.165, 1.54) is 44.1 Å². The molecule has 1 aliphatic carbocycles. The predicted octanol–water partition coefficient (Wildman–Crippen LogP) is 6.52. The highest BCUT2D eigenvalue weighted by Gasteiger charge is 2.28. The molecule has 0 N–H and O–H groups in total. The summed E-state index contributed by atoms with van der Waals surface area (Å²) >= 11 is 0. The molecule has 1 fully saturated rings. The van der Waals surface area contributed by atoms with E-state index in [2.05, 4.69) is 52.0 Å². The maximum Gasteiger partial charge on any atom is -0.00751 e. The topological polar surface area (TPSA) is 0 Å². The Kier molecular flexibility index (Phi) is 6.30. The first kappa shape index (κ1) is 17.3. The van der Waals surface area contributed by atoms with Gasteiger partial charge in [-0.3, -0.25) is 0 Å². The van der Waals surface area contributed by atoms with Gasteiger partial charge in [0, 0.05) is 0 Å². The van der Waals surface area contributed by atoms with Gasteiger partial charge in [0.1, 0.15) is 0 Å². The van der Waals surface area contributed by atoms with Gasteiger partial charge in [0.2, 0.25) is 0 Å². The Balaban J connectivity index is 0.000000956. The van der Waals surface area contributed by atoms with E-state index in [4.69, 9.17) is 0 Å². The summed E-state index contributed by atoms with van der Waals surface area (Å²) in [5.74, 6) is 0. The SMILES string of the molecule is CC.CC(C)(C)Cc1cccc(C2(C)CCCCC2)c1. The van der Waals surface area contributed by atoms with Crippen LogP contribution in [0.15, 0.2) is 24.3 Å². The van der Waals surface area contributed by atoms with Crippen LogP contribution in [0, 0.1) is 5.41 Å². The largest absolute Gasteiger partial charge is 0.0683 e. The number of benzene rings is 1. The Hall–Kier alpha value is -0.780. The average Bonchev–Trinajstić information content (AvgIpc) is 2.40. The smallest absolute Gasteiger partial charge is 0.00751 e. The fourth-order valence-electron chi connectivity index (χ4n) is 3.29. The summed E-state index contributed by atoms with van der Waals surface area (Å²) in [6.07, 6.45) is 8.14. The predicted molar refractivity (Wildman–Crippen MR) is 91.4 cm³/mol. The summed E-state index contributed by atoms with van der Waals surface area (Å²) < 4.78 is 0. The van der Waals surface area contributed by atoms with Crippen LogP contribution in [-0.4, -0.2) is 0 Å². The molecule has 0 atom stereocenters. The van der Waals surface area contributed by atoms with Crippen molar-refractivity contribution < 1.29 is 0 Å². The normalized spacial score (nSPS) is 18.1. The van der Waals surface area contributed by atoms with Crippen LogP contribution in [0.3, 0.4) is 0 Å². The molecule has 1 aromatic rings. The molecule has 0 aromatic heterocycles. The van der Waals surface area contributed by atoms with Gasteiger partial charge in [0.25, 0.3) is 0 Å². The first-order valence-corrected chi connectivity index (χ1v) is 8.49. The van der Waals surface area contributed by atoms with E-state index in [0.717, 1.165) is 0 Å². The van der Waals surface area contributed by atoms with Gasteiger partial charge < -0.3 is 0 Å². The van der Waals surface area contributed by atoms with Crippen molar-refractivity contribution >= 4 is 0 Å². The zero-order chi connectivity index (χ0) is 15.2. The zero-order valence-corrected chi connectivity index (χ0v) is 14.6. The molecule has 0 unspecified atom stereocenters. The minimum absolute atomic E-state index is 0.381. The Labute approximate surface area is 127 Å². The summed E-state index contributed by atoms with van der Waals surface area (Å²) in [5.41, 5.74) is 3.90. The third kappa shape index (κ3) is 4.96. The second kappa shape index (κ2) is 7.29. The zero-order valence-electron chi connectivity index (χ0n) is 14.6. The average molecular weight is 274 g/mol. The molecule has 1 saturated carbocycles. The Bertz CT molecular complexity index is 389. The van der Waals surface area contributed by atoms with Crippen molar-refractivity contribution in [1.82, 2.24) is 0 Å². The molecule has 0 heteroatoms. The molecule has 0 amide bonds. The molecule has 1 aromatic carbocycles.